The number of carboxylic acid groups (broad SMARTS) is 1. The van der Waals surface area contributed by atoms with Gasteiger partial charge in [-0.25, -0.2) is 18.4 Å². The van der Waals surface area contributed by atoms with E-state index in [2.05, 4.69) is 15.6 Å². The number of nitrogens with one attached hydrogen (secondary N) is 1. The maximum absolute atomic E-state index is 13.2. The van der Waals surface area contributed by atoms with Crippen molar-refractivity contribution < 1.29 is 32.4 Å². The van der Waals surface area contributed by atoms with Crippen LogP contribution in [0.5, 0.6) is 0 Å². The van der Waals surface area contributed by atoms with E-state index >= 15 is 0 Å². The molecule has 4 aromatic rings. The highest BCUT2D eigenvalue weighted by Crippen LogP contribution is 2.32. The first-order chi connectivity index (χ1) is 21.2. The van der Waals surface area contributed by atoms with Gasteiger partial charge in [-0.05, 0) is 63.1 Å². The number of primary amides is 1. The van der Waals surface area contributed by atoms with Crippen LogP contribution in [0.1, 0.15) is 46.8 Å². The molecule has 14 nitrogen and oxygen atoms in total. The molecule has 2 amide bonds. The summed E-state index contributed by atoms with van der Waals surface area (Å²) in [5.41, 5.74) is 6.37. The number of carbonyl (C=O) groups is 3. The second-order valence-electron chi connectivity index (χ2n) is 11.2. The van der Waals surface area contributed by atoms with Crippen molar-refractivity contribution in [2.75, 3.05) is 19.6 Å². The standard InChI is InChI=1S/C28H32ClN7O7S2/c1-14(2)35-8-7-17(19(13-35)26(30)37)23(45(31,41)42)11-32-27(38)15-3-4-20-18(9-15)25(28(39)40)33-36(20)12-16-10-21(43-34-16)22-5-6-24(29)44-22/h3-6,9-10,14,17,19,23H,7-8,11-13H2,1-2H3,(H2,30,37)(H,32,38)(H,39,40)(H2,31,41,42). The number of aromatic carboxylic acids is 1. The zero-order chi connectivity index (χ0) is 32.6. The number of nitrogens with zero attached hydrogens (tertiary/aromatic N) is 4. The van der Waals surface area contributed by atoms with Crippen LogP contribution in [-0.2, 0) is 21.4 Å². The Morgan fingerprint density at radius 2 is 1.98 bits per heavy atom. The number of rotatable bonds is 11. The molecule has 1 aliphatic rings. The number of thiophene rings is 1. The van der Waals surface area contributed by atoms with Crippen LogP contribution in [0.2, 0.25) is 4.34 Å². The average molecular weight is 678 g/mol. The second-order valence-corrected chi connectivity index (χ2v) is 14.7. The molecule has 0 saturated carbocycles. The number of hydrogen-bond acceptors (Lipinski definition) is 10. The van der Waals surface area contributed by atoms with Crippen molar-refractivity contribution >= 4 is 61.6 Å². The smallest absolute Gasteiger partial charge is 0.357 e. The van der Waals surface area contributed by atoms with Gasteiger partial charge in [0.1, 0.15) is 5.69 Å². The van der Waals surface area contributed by atoms with Gasteiger partial charge >= 0.3 is 5.97 Å². The van der Waals surface area contributed by atoms with Gasteiger partial charge in [-0.15, -0.1) is 11.3 Å². The Morgan fingerprint density at radius 3 is 2.60 bits per heavy atom. The topological polar surface area (TPSA) is 217 Å². The van der Waals surface area contributed by atoms with Crippen LogP contribution in [0.3, 0.4) is 0 Å². The minimum absolute atomic E-state index is 0.0806. The minimum Gasteiger partial charge on any atom is -0.476 e. The fraction of sp³-hybridized carbons (Fsp3) is 0.393. The third-order valence-corrected chi connectivity index (χ3v) is 10.7. The van der Waals surface area contributed by atoms with E-state index in [1.165, 1.54) is 28.2 Å². The van der Waals surface area contributed by atoms with E-state index in [-0.39, 0.29) is 42.3 Å². The highest BCUT2D eigenvalue weighted by atomic mass is 35.5. The number of hydrogen-bond donors (Lipinski definition) is 4. The molecule has 45 heavy (non-hydrogen) atoms. The lowest BCUT2D eigenvalue weighted by Crippen LogP contribution is -2.55. The van der Waals surface area contributed by atoms with Crippen molar-refractivity contribution in [3.63, 3.8) is 0 Å². The quantitative estimate of drug-likeness (QED) is 0.182. The summed E-state index contributed by atoms with van der Waals surface area (Å²) in [6.07, 6.45) is 0.351. The Morgan fingerprint density at radius 1 is 1.22 bits per heavy atom. The molecule has 1 fully saturated rings. The molecule has 4 heterocycles. The summed E-state index contributed by atoms with van der Waals surface area (Å²) in [5.74, 6) is -3.55. The highest BCUT2D eigenvalue weighted by molar-refractivity contribution is 7.89. The molecule has 0 radical (unpaired) electrons. The molecular formula is C28H32ClN7O7S2. The number of nitrogens with two attached hydrogens (primary N) is 2. The van der Waals surface area contributed by atoms with Crippen molar-refractivity contribution in [2.24, 2.45) is 22.7 Å². The highest BCUT2D eigenvalue weighted by Gasteiger charge is 2.42. The van der Waals surface area contributed by atoms with E-state index in [0.717, 1.165) is 4.88 Å². The summed E-state index contributed by atoms with van der Waals surface area (Å²) in [4.78, 5) is 40.4. The number of halogens is 1. The van der Waals surface area contributed by atoms with E-state index in [1.54, 1.807) is 24.3 Å². The predicted molar refractivity (Wildman–Crippen MR) is 167 cm³/mol. The van der Waals surface area contributed by atoms with E-state index < -0.39 is 44.9 Å². The number of amides is 2. The molecule has 3 atom stereocenters. The van der Waals surface area contributed by atoms with Crippen LogP contribution in [0.15, 0.2) is 40.9 Å². The third-order valence-electron chi connectivity index (χ3n) is 8.06. The van der Waals surface area contributed by atoms with Gasteiger partial charge in [0.15, 0.2) is 11.5 Å². The zero-order valence-corrected chi connectivity index (χ0v) is 26.7. The van der Waals surface area contributed by atoms with Crippen molar-refractivity contribution in [3.05, 3.63) is 57.7 Å². The summed E-state index contributed by atoms with van der Waals surface area (Å²) in [6.45, 7) is 4.50. The van der Waals surface area contributed by atoms with Crippen LogP contribution in [-0.4, -0.2) is 82.1 Å². The molecule has 1 aliphatic heterocycles. The summed E-state index contributed by atoms with van der Waals surface area (Å²) >= 11 is 7.33. The lowest BCUT2D eigenvalue weighted by atomic mass is 9.81. The number of carboxylic acids is 1. The Kier molecular flexibility index (Phi) is 9.32. The maximum atomic E-state index is 13.2. The van der Waals surface area contributed by atoms with Crippen molar-refractivity contribution in [2.45, 2.75) is 38.1 Å². The number of aromatic nitrogens is 3. The Labute approximate surface area is 267 Å². The number of piperidine rings is 1. The van der Waals surface area contributed by atoms with Gasteiger partial charge < -0.3 is 25.6 Å². The Bertz CT molecular complexity index is 1870. The second kappa shape index (κ2) is 12.9. The lowest BCUT2D eigenvalue weighted by molar-refractivity contribution is -0.125. The molecule has 6 N–H and O–H groups in total. The fourth-order valence-electron chi connectivity index (χ4n) is 5.72. The Balaban J connectivity index is 1.36. The van der Waals surface area contributed by atoms with E-state index in [0.29, 0.717) is 34.3 Å². The Hall–Kier alpha value is -3.83. The normalized spacial score (nSPS) is 18.3. The van der Waals surface area contributed by atoms with E-state index in [4.69, 9.17) is 27.0 Å². The SMILES string of the molecule is CC(C)N1CCC(C(CNC(=O)c2ccc3c(c2)c(C(=O)O)nn3Cc2cc(-c3ccc(Cl)s3)on2)S(N)(=O)=O)C(C(N)=O)C1. The zero-order valence-electron chi connectivity index (χ0n) is 24.3. The number of carbonyl (C=O) groups excluding carboxylic acids is 2. The first-order valence-corrected chi connectivity index (χ1v) is 16.8. The molecule has 3 unspecified atom stereocenters. The van der Waals surface area contributed by atoms with E-state index in [9.17, 15) is 27.9 Å². The molecule has 3 aromatic heterocycles. The van der Waals surface area contributed by atoms with Crippen molar-refractivity contribution in [1.29, 1.82) is 0 Å². The van der Waals surface area contributed by atoms with Gasteiger partial charge in [-0.3, -0.25) is 14.3 Å². The number of fused-ring (bicyclic) bond motifs is 1. The lowest BCUT2D eigenvalue weighted by Gasteiger charge is -2.41. The van der Waals surface area contributed by atoms with Crippen LogP contribution in [0.4, 0.5) is 0 Å². The van der Waals surface area contributed by atoms with Gasteiger partial charge in [0.05, 0.1) is 32.4 Å². The molecule has 1 aromatic carbocycles. The molecule has 17 heteroatoms. The summed E-state index contributed by atoms with van der Waals surface area (Å²) in [6, 6.07) is 9.77. The molecule has 1 saturated heterocycles. The van der Waals surface area contributed by atoms with Gasteiger partial charge in [0.25, 0.3) is 5.91 Å². The first-order valence-electron chi connectivity index (χ1n) is 14.0. The number of primary sulfonamides is 1. The number of sulfonamides is 1. The van der Waals surface area contributed by atoms with Gasteiger partial charge in [-0.2, -0.15) is 5.10 Å². The van der Waals surface area contributed by atoms with Gasteiger partial charge in [0.2, 0.25) is 15.9 Å². The molecule has 240 valence electrons. The average Bonchev–Trinajstić information content (AvgIpc) is 3.71. The molecule has 5 rings (SSSR count). The van der Waals surface area contributed by atoms with Crippen molar-refractivity contribution in [1.82, 2.24) is 25.2 Å². The van der Waals surface area contributed by atoms with Gasteiger partial charge in [0, 0.05) is 36.1 Å². The molecule has 0 aliphatic carbocycles. The van der Waals surface area contributed by atoms with Crippen LogP contribution >= 0.6 is 22.9 Å². The van der Waals surface area contributed by atoms with Crippen molar-refractivity contribution in [3.8, 4) is 10.6 Å². The van der Waals surface area contributed by atoms with Crippen LogP contribution < -0.4 is 16.2 Å². The predicted octanol–water partition coefficient (Wildman–Crippen LogP) is 2.37. The van der Waals surface area contributed by atoms with Crippen LogP contribution in [0.25, 0.3) is 21.5 Å². The van der Waals surface area contributed by atoms with E-state index in [1.807, 2.05) is 18.7 Å². The fourth-order valence-corrected chi connectivity index (χ4v) is 7.84. The third kappa shape index (κ3) is 7.04. The number of likely N-dealkylation sites (tertiary alicyclic amines) is 1. The number of benzene rings is 1. The maximum Gasteiger partial charge on any atom is 0.357 e. The molecular weight excluding hydrogens is 646 g/mol. The molecule has 0 bridgehead atoms. The summed E-state index contributed by atoms with van der Waals surface area (Å²) < 4.78 is 32.8. The summed E-state index contributed by atoms with van der Waals surface area (Å²) in [5, 5.41) is 25.2. The first kappa shape index (κ1) is 32.6. The summed E-state index contributed by atoms with van der Waals surface area (Å²) in [7, 11) is -4.19. The minimum atomic E-state index is -4.19. The molecule has 0 spiro atoms. The monoisotopic (exact) mass is 677 g/mol. The largest absolute Gasteiger partial charge is 0.476 e. The van der Waals surface area contributed by atoms with Gasteiger partial charge in [-0.1, -0.05) is 16.8 Å². The van der Waals surface area contributed by atoms with Crippen LogP contribution in [0, 0.1) is 11.8 Å².